The number of anilines is 1. The average Bonchev–Trinajstić information content (AvgIpc) is 2.94. The van der Waals surface area contributed by atoms with Gasteiger partial charge in [0, 0.05) is 10.9 Å². The highest BCUT2D eigenvalue weighted by atomic mass is 32.1. The molecule has 8 nitrogen and oxygen atoms in total. The van der Waals surface area contributed by atoms with Gasteiger partial charge in [-0.1, -0.05) is 0 Å². The number of aryl methyl sites for hydroxylation is 1. The summed E-state index contributed by atoms with van der Waals surface area (Å²) >= 11 is 1.24. The fraction of sp³-hybridized carbons (Fsp3) is 0.316. The topological polar surface area (TPSA) is 103 Å². The number of hydrogen-bond donors (Lipinski definition) is 2. The number of imide groups is 1. The molecule has 0 atom stereocenters. The predicted molar refractivity (Wildman–Crippen MR) is 106 cm³/mol. The Bertz CT molecular complexity index is 906. The van der Waals surface area contributed by atoms with E-state index >= 15 is 0 Å². The average molecular weight is 406 g/mol. The van der Waals surface area contributed by atoms with Crippen LogP contribution in [0.4, 0.5) is 9.80 Å². The number of thiophene rings is 1. The molecule has 1 aromatic carbocycles. The van der Waals surface area contributed by atoms with Crippen LogP contribution in [0.2, 0.25) is 0 Å². The second-order valence-electron chi connectivity index (χ2n) is 5.68. The summed E-state index contributed by atoms with van der Waals surface area (Å²) in [6, 6.07) is 4.80. The number of nitrogens with one attached hydrogen (secondary N) is 2. The molecular weight excluding hydrogens is 384 g/mol. The van der Waals surface area contributed by atoms with Crippen LogP contribution in [0.3, 0.4) is 0 Å². The van der Waals surface area contributed by atoms with Gasteiger partial charge in [0.1, 0.15) is 16.5 Å². The smallest absolute Gasteiger partial charge is 0.414 e. The summed E-state index contributed by atoms with van der Waals surface area (Å²) < 4.78 is 15.1. The second-order valence-corrected chi connectivity index (χ2v) is 6.91. The van der Waals surface area contributed by atoms with E-state index in [1.54, 1.807) is 32.0 Å². The molecule has 0 fully saturated rings. The summed E-state index contributed by atoms with van der Waals surface area (Å²) in [6.07, 6.45) is -0.843. The first-order chi connectivity index (χ1) is 13.3. The van der Waals surface area contributed by atoms with Crippen LogP contribution in [0.5, 0.6) is 11.5 Å². The number of methoxy groups -OCH3 is 2. The fourth-order valence-electron chi connectivity index (χ4n) is 2.47. The van der Waals surface area contributed by atoms with Crippen molar-refractivity contribution in [2.24, 2.45) is 0 Å². The summed E-state index contributed by atoms with van der Waals surface area (Å²) in [4.78, 5) is 37.7. The number of alkyl carbamates (subject to hydrolysis) is 1. The van der Waals surface area contributed by atoms with Crippen molar-refractivity contribution < 1.29 is 28.6 Å². The first-order valence-electron chi connectivity index (χ1n) is 8.43. The minimum atomic E-state index is -0.843. The Morgan fingerprint density at radius 3 is 2.39 bits per heavy atom. The molecule has 0 unspecified atom stereocenters. The highest BCUT2D eigenvalue weighted by Crippen LogP contribution is 2.33. The van der Waals surface area contributed by atoms with Crippen LogP contribution < -0.4 is 20.1 Å². The van der Waals surface area contributed by atoms with Crippen molar-refractivity contribution in [1.82, 2.24) is 5.32 Å². The molecule has 2 aromatic rings. The molecule has 0 saturated heterocycles. The number of rotatable bonds is 6. The molecular formula is C19H22N2O6S. The van der Waals surface area contributed by atoms with E-state index in [-0.39, 0.29) is 17.7 Å². The van der Waals surface area contributed by atoms with Crippen LogP contribution >= 0.6 is 11.3 Å². The van der Waals surface area contributed by atoms with Crippen molar-refractivity contribution in [1.29, 1.82) is 0 Å². The number of ether oxygens (including phenoxy) is 3. The van der Waals surface area contributed by atoms with E-state index in [0.29, 0.717) is 22.1 Å². The zero-order valence-corrected chi connectivity index (χ0v) is 17.1. The maximum absolute atomic E-state index is 12.8. The van der Waals surface area contributed by atoms with Gasteiger partial charge >= 0.3 is 6.09 Å². The molecule has 0 saturated carbocycles. The Morgan fingerprint density at radius 1 is 1.07 bits per heavy atom. The van der Waals surface area contributed by atoms with E-state index in [1.165, 1.54) is 25.6 Å². The van der Waals surface area contributed by atoms with Crippen molar-refractivity contribution in [2.45, 2.75) is 20.8 Å². The van der Waals surface area contributed by atoms with Gasteiger partial charge in [0.2, 0.25) is 0 Å². The fourth-order valence-corrected chi connectivity index (χ4v) is 3.52. The van der Waals surface area contributed by atoms with Crippen LogP contribution in [0.15, 0.2) is 18.2 Å². The molecule has 0 aliphatic heterocycles. The van der Waals surface area contributed by atoms with Gasteiger partial charge < -0.3 is 19.5 Å². The molecule has 0 aliphatic rings. The Balaban J connectivity index is 2.32. The van der Waals surface area contributed by atoms with E-state index in [4.69, 9.17) is 14.2 Å². The Labute approximate surface area is 166 Å². The summed E-state index contributed by atoms with van der Waals surface area (Å²) in [5, 5.41) is 5.22. The van der Waals surface area contributed by atoms with Gasteiger partial charge in [0.25, 0.3) is 11.8 Å². The quantitative estimate of drug-likeness (QED) is 0.761. The third-order valence-corrected chi connectivity index (χ3v) is 5.11. The molecule has 1 aromatic heterocycles. The maximum atomic E-state index is 12.8. The molecule has 2 N–H and O–H groups in total. The van der Waals surface area contributed by atoms with Gasteiger partial charge in [0.15, 0.2) is 0 Å². The monoisotopic (exact) mass is 406 g/mol. The van der Waals surface area contributed by atoms with Gasteiger partial charge in [-0.2, -0.15) is 0 Å². The molecule has 28 heavy (non-hydrogen) atoms. The van der Waals surface area contributed by atoms with E-state index < -0.39 is 17.9 Å². The first kappa shape index (κ1) is 21.2. The summed E-state index contributed by atoms with van der Waals surface area (Å²) in [5.41, 5.74) is 1.17. The van der Waals surface area contributed by atoms with Crippen molar-refractivity contribution in [3.05, 3.63) is 39.8 Å². The van der Waals surface area contributed by atoms with E-state index in [0.717, 1.165) is 4.88 Å². The third kappa shape index (κ3) is 4.61. The molecule has 0 radical (unpaired) electrons. The number of carbonyl (C=O) groups is 3. The lowest BCUT2D eigenvalue weighted by Crippen LogP contribution is -2.32. The molecule has 9 heteroatoms. The van der Waals surface area contributed by atoms with E-state index in [1.807, 2.05) is 6.92 Å². The second kappa shape index (κ2) is 9.23. The predicted octanol–water partition coefficient (Wildman–Crippen LogP) is 3.52. The first-order valence-corrected chi connectivity index (χ1v) is 9.25. The van der Waals surface area contributed by atoms with Crippen molar-refractivity contribution in [2.75, 3.05) is 26.1 Å². The zero-order chi connectivity index (χ0) is 20.8. The van der Waals surface area contributed by atoms with Crippen LogP contribution in [0, 0.1) is 13.8 Å². The maximum Gasteiger partial charge on any atom is 0.414 e. The number of benzene rings is 1. The van der Waals surface area contributed by atoms with E-state index in [9.17, 15) is 14.4 Å². The Kier molecular flexibility index (Phi) is 7.00. The molecule has 3 amide bonds. The van der Waals surface area contributed by atoms with Gasteiger partial charge in [-0.15, -0.1) is 11.3 Å². The highest BCUT2D eigenvalue weighted by molar-refractivity contribution is 7.16. The Hall–Kier alpha value is -3.07. The molecule has 0 bridgehead atoms. The van der Waals surface area contributed by atoms with Gasteiger partial charge in [-0.25, -0.2) is 4.79 Å². The van der Waals surface area contributed by atoms with Gasteiger partial charge in [-0.05, 0) is 38.5 Å². The molecule has 2 rings (SSSR count). The number of amides is 3. The normalized spacial score (nSPS) is 10.2. The zero-order valence-electron chi connectivity index (χ0n) is 16.3. The van der Waals surface area contributed by atoms with Crippen LogP contribution in [-0.2, 0) is 4.74 Å². The Morgan fingerprint density at radius 2 is 1.79 bits per heavy atom. The summed E-state index contributed by atoms with van der Waals surface area (Å²) in [6.45, 7) is 5.35. The summed E-state index contributed by atoms with van der Waals surface area (Å²) in [7, 11) is 2.96. The minimum Gasteiger partial charge on any atom is -0.497 e. The SMILES string of the molecule is CCOC(=O)NC(=O)c1c(NC(=O)c2ccc(OC)cc2OC)sc(C)c1C. The number of carbonyl (C=O) groups excluding carboxylic acids is 3. The van der Waals surface area contributed by atoms with Gasteiger partial charge in [0.05, 0.1) is 32.0 Å². The third-order valence-electron chi connectivity index (χ3n) is 3.98. The van der Waals surface area contributed by atoms with Crippen LogP contribution in [0.1, 0.15) is 38.1 Å². The van der Waals surface area contributed by atoms with Crippen molar-refractivity contribution in [3.63, 3.8) is 0 Å². The minimum absolute atomic E-state index is 0.140. The summed E-state index contributed by atoms with van der Waals surface area (Å²) in [5.74, 6) is -0.215. The van der Waals surface area contributed by atoms with Crippen molar-refractivity contribution in [3.8, 4) is 11.5 Å². The van der Waals surface area contributed by atoms with E-state index in [2.05, 4.69) is 10.6 Å². The van der Waals surface area contributed by atoms with Crippen LogP contribution in [-0.4, -0.2) is 38.7 Å². The lowest BCUT2D eigenvalue weighted by Gasteiger charge is -2.11. The lowest BCUT2D eigenvalue weighted by molar-refractivity contribution is 0.0925. The lowest BCUT2D eigenvalue weighted by atomic mass is 10.1. The highest BCUT2D eigenvalue weighted by Gasteiger charge is 2.24. The molecule has 1 heterocycles. The van der Waals surface area contributed by atoms with Crippen LogP contribution in [0.25, 0.3) is 0 Å². The number of hydrogen-bond acceptors (Lipinski definition) is 7. The largest absolute Gasteiger partial charge is 0.497 e. The standard InChI is InChI=1S/C19H22N2O6S/c1-6-27-19(24)21-17(23)15-10(2)11(3)28-18(15)20-16(22)13-8-7-12(25-4)9-14(13)26-5/h7-9H,6H2,1-5H3,(H,20,22)(H,21,23,24). The van der Waals surface area contributed by atoms with Gasteiger partial charge in [-0.3, -0.25) is 14.9 Å². The van der Waals surface area contributed by atoms with Crippen molar-refractivity contribution >= 4 is 34.2 Å². The molecule has 0 aliphatic carbocycles. The molecule has 150 valence electrons. The molecule has 0 spiro atoms.